The van der Waals surface area contributed by atoms with E-state index in [-0.39, 0.29) is 24.0 Å². The van der Waals surface area contributed by atoms with Gasteiger partial charge in [0.05, 0.1) is 6.54 Å². The Labute approximate surface area is 182 Å². The molecule has 0 amide bonds. The highest BCUT2D eigenvalue weighted by molar-refractivity contribution is 14.0. The maximum absolute atomic E-state index is 4.70. The summed E-state index contributed by atoms with van der Waals surface area (Å²) < 4.78 is 0. The topological polar surface area (TPSA) is 39.7 Å². The molecule has 0 aromatic carbocycles. The first-order chi connectivity index (χ1) is 12.3. The van der Waals surface area contributed by atoms with E-state index in [2.05, 4.69) is 57.5 Å². The van der Waals surface area contributed by atoms with Crippen LogP contribution in [0.3, 0.4) is 0 Å². The normalized spacial score (nSPS) is 16.3. The molecule has 0 bridgehead atoms. The fourth-order valence-corrected chi connectivity index (χ4v) is 4.49. The molecule has 1 saturated heterocycles. The zero-order valence-corrected chi connectivity index (χ0v) is 19.3. The molecule has 1 aliphatic rings. The molecule has 3 rings (SSSR count). The number of aliphatic imine (C=N–C) groups is 1. The van der Waals surface area contributed by atoms with Gasteiger partial charge < -0.3 is 10.6 Å². The average Bonchev–Trinajstić information content (AvgIpc) is 3.32. The maximum Gasteiger partial charge on any atom is 0.191 e. The summed E-state index contributed by atoms with van der Waals surface area (Å²) in [6, 6.07) is 8.61. The molecule has 0 spiro atoms. The van der Waals surface area contributed by atoms with Crippen LogP contribution < -0.4 is 10.6 Å². The van der Waals surface area contributed by atoms with Crippen LogP contribution in [-0.4, -0.2) is 37.0 Å². The van der Waals surface area contributed by atoms with E-state index < -0.39 is 0 Å². The molecule has 0 atom stereocenters. The van der Waals surface area contributed by atoms with Crippen LogP contribution >= 0.6 is 46.7 Å². The average molecular weight is 505 g/mol. The molecule has 2 aromatic heterocycles. The number of nitrogens with zero attached hydrogens (tertiary/aromatic N) is 2. The van der Waals surface area contributed by atoms with Gasteiger partial charge in [-0.05, 0) is 61.7 Å². The Kier molecular flexibility index (Phi) is 9.95. The predicted octanol–water partition coefficient (Wildman–Crippen LogP) is 4.39. The van der Waals surface area contributed by atoms with Gasteiger partial charge in [-0.1, -0.05) is 12.1 Å². The number of guanidine groups is 1. The number of nitrogens with one attached hydrogen (secondary N) is 2. The van der Waals surface area contributed by atoms with Gasteiger partial charge in [-0.2, -0.15) is 0 Å². The standard InChI is InChI=1S/C19H28N4S2.HI/c1-2-20-19(22-14-17-5-3-11-24-17)21-13-16-7-9-23(10-8-16)15-18-6-4-12-25-18;/h3-6,11-12,16H,2,7-10,13-15H2,1H3,(H2,20,21,22);1H. The van der Waals surface area contributed by atoms with Crippen LogP contribution in [0.2, 0.25) is 0 Å². The Bertz CT molecular complexity index is 620. The summed E-state index contributed by atoms with van der Waals surface area (Å²) in [6.07, 6.45) is 2.53. The first-order valence-corrected chi connectivity index (χ1v) is 10.9. The molecule has 0 unspecified atom stereocenters. The summed E-state index contributed by atoms with van der Waals surface area (Å²) >= 11 is 3.63. The molecule has 7 heteroatoms. The lowest BCUT2D eigenvalue weighted by atomic mass is 9.97. The van der Waals surface area contributed by atoms with Gasteiger partial charge in [0.15, 0.2) is 5.96 Å². The number of halogens is 1. The molecule has 0 aliphatic carbocycles. The molecule has 1 aliphatic heterocycles. The van der Waals surface area contributed by atoms with Crippen molar-refractivity contribution in [1.29, 1.82) is 0 Å². The number of thiophene rings is 2. The highest BCUT2D eigenvalue weighted by Crippen LogP contribution is 2.20. The van der Waals surface area contributed by atoms with Crippen LogP contribution in [-0.2, 0) is 13.1 Å². The molecular formula is C19H29IN4S2. The van der Waals surface area contributed by atoms with Crippen LogP contribution in [0.5, 0.6) is 0 Å². The second kappa shape index (κ2) is 11.9. The molecule has 4 nitrogen and oxygen atoms in total. The van der Waals surface area contributed by atoms with E-state index in [1.165, 1.54) is 35.7 Å². The third-order valence-corrected chi connectivity index (χ3v) is 6.26. The van der Waals surface area contributed by atoms with Crippen molar-refractivity contribution >= 4 is 52.6 Å². The van der Waals surface area contributed by atoms with Crippen molar-refractivity contribution in [3.8, 4) is 0 Å². The summed E-state index contributed by atoms with van der Waals surface area (Å²) in [5.74, 6) is 1.68. The number of piperidine rings is 1. The fraction of sp³-hybridized carbons (Fsp3) is 0.526. The Hall–Kier alpha value is -0.640. The molecule has 1 fully saturated rings. The highest BCUT2D eigenvalue weighted by Gasteiger charge is 2.19. The first-order valence-electron chi connectivity index (χ1n) is 9.12. The second-order valence-electron chi connectivity index (χ2n) is 6.45. The van der Waals surface area contributed by atoms with E-state index in [1.54, 1.807) is 11.3 Å². The lowest BCUT2D eigenvalue weighted by Gasteiger charge is -2.32. The quantitative estimate of drug-likeness (QED) is 0.334. The Balaban J connectivity index is 0.00000243. The summed E-state index contributed by atoms with van der Waals surface area (Å²) in [7, 11) is 0. The number of hydrogen-bond donors (Lipinski definition) is 2. The van der Waals surface area contributed by atoms with Crippen LogP contribution in [0.25, 0.3) is 0 Å². The monoisotopic (exact) mass is 504 g/mol. The van der Waals surface area contributed by atoms with E-state index in [1.807, 2.05) is 11.3 Å². The second-order valence-corrected chi connectivity index (χ2v) is 8.52. The number of rotatable bonds is 7. The molecule has 2 aromatic rings. The molecule has 144 valence electrons. The smallest absolute Gasteiger partial charge is 0.191 e. The Morgan fingerprint density at radius 3 is 2.42 bits per heavy atom. The van der Waals surface area contributed by atoms with Crippen molar-refractivity contribution < 1.29 is 0 Å². The minimum absolute atomic E-state index is 0. The van der Waals surface area contributed by atoms with E-state index in [0.717, 1.165) is 38.1 Å². The van der Waals surface area contributed by atoms with Gasteiger partial charge in [-0.3, -0.25) is 4.90 Å². The van der Waals surface area contributed by atoms with Gasteiger partial charge in [0.2, 0.25) is 0 Å². The van der Waals surface area contributed by atoms with Gasteiger partial charge in [-0.15, -0.1) is 46.7 Å². The van der Waals surface area contributed by atoms with Gasteiger partial charge in [-0.25, -0.2) is 4.99 Å². The molecule has 0 saturated carbocycles. The lowest BCUT2D eigenvalue weighted by Crippen LogP contribution is -2.42. The van der Waals surface area contributed by atoms with Crippen LogP contribution in [0.15, 0.2) is 40.0 Å². The zero-order valence-electron chi connectivity index (χ0n) is 15.3. The van der Waals surface area contributed by atoms with Crippen molar-refractivity contribution in [2.75, 3.05) is 26.2 Å². The van der Waals surface area contributed by atoms with Gasteiger partial charge >= 0.3 is 0 Å². The van der Waals surface area contributed by atoms with E-state index in [0.29, 0.717) is 0 Å². The molecule has 0 radical (unpaired) electrons. The van der Waals surface area contributed by atoms with Gasteiger partial charge in [0.25, 0.3) is 0 Å². The van der Waals surface area contributed by atoms with Crippen LogP contribution in [0.1, 0.15) is 29.5 Å². The third kappa shape index (κ3) is 7.17. The Morgan fingerprint density at radius 1 is 1.12 bits per heavy atom. The largest absolute Gasteiger partial charge is 0.357 e. The maximum atomic E-state index is 4.70. The van der Waals surface area contributed by atoms with Crippen molar-refractivity contribution in [2.24, 2.45) is 10.9 Å². The van der Waals surface area contributed by atoms with Crippen LogP contribution in [0.4, 0.5) is 0 Å². The van der Waals surface area contributed by atoms with Crippen molar-refractivity contribution in [3.63, 3.8) is 0 Å². The summed E-state index contributed by atoms with van der Waals surface area (Å²) in [6.45, 7) is 8.30. The number of likely N-dealkylation sites (tertiary alicyclic amines) is 1. The highest BCUT2D eigenvalue weighted by atomic mass is 127. The van der Waals surface area contributed by atoms with Crippen molar-refractivity contribution in [1.82, 2.24) is 15.5 Å². The SMILES string of the molecule is CCNC(=NCc1cccs1)NCC1CCN(Cc2cccs2)CC1.I. The minimum Gasteiger partial charge on any atom is -0.357 e. The van der Waals surface area contributed by atoms with Gasteiger partial charge in [0.1, 0.15) is 0 Å². The number of hydrogen-bond acceptors (Lipinski definition) is 4. The molecule has 26 heavy (non-hydrogen) atoms. The predicted molar refractivity (Wildman–Crippen MR) is 125 cm³/mol. The molecular weight excluding hydrogens is 475 g/mol. The molecule has 3 heterocycles. The van der Waals surface area contributed by atoms with E-state index in [9.17, 15) is 0 Å². The first kappa shape index (κ1) is 21.7. The lowest BCUT2D eigenvalue weighted by molar-refractivity contribution is 0.179. The molecule has 2 N–H and O–H groups in total. The Morgan fingerprint density at radius 2 is 1.81 bits per heavy atom. The van der Waals surface area contributed by atoms with Crippen LogP contribution in [0, 0.1) is 5.92 Å². The van der Waals surface area contributed by atoms with E-state index >= 15 is 0 Å². The van der Waals surface area contributed by atoms with Crippen molar-refractivity contribution in [2.45, 2.75) is 32.9 Å². The van der Waals surface area contributed by atoms with E-state index in [4.69, 9.17) is 4.99 Å². The fourth-order valence-electron chi connectivity index (χ4n) is 3.11. The third-order valence-electron chi connectivity index (χ3n) is 4.54. The summed E-state index contributed by atoms with van der Waals surface area (Å²) in [5, 5.41) is 11.2. The van der Waals surface area contributed by atoms with Gasteiger partial charge in [0, 0.05) is 29.4 Å². The summed E-state index contributed by atoms with van der Waals surface area (Å²) in [5.41, 5.74) is 0. The summed E-state index contributed by atoms with van der Waals surface area (Å²) in [4.78, 5) is 10.1. The zero-order chi connectivity index (χ0) is 17.3. The van der Waals surface area contributed by atoms with Crippen molar-refractivity contribution in [3.05, 3.63) is 44.8 Å². The minimum atomic E-state index is 0.